The van der Waals surface area contributed by atoms with Crippen LogP contribution in [0.4, 0.5) is 5.69 Å². The highest BCUT2D eigenvalue weighted by Gasteiger charge is 2.42. The van der Waals surface area contributed by atoms with Crippen LogP contribution in [0.2, 0.25) is 0 Å². The molecule has 7 nitrogen and oxygen atoms in total. The molecule has 3 aromatic rings. The summed E-state index contributed by atoms with van der Waals surface area (Å²) in [5.74, 6) is 0.895. The van der Waals surface area contributed by atoms with Gasteiger partial charge in [0.2, 0.25) is 5.91 Å². The first-order valence-electron chi connectivity index (χ1n) is 11.2. The first kappa shape index (κ1) is 20.6. The van der Waals surface area contributed by atoms with Crippen molar-refractivity contribution in [3.8, 4) is 17.2 Å². The lowest BCUT2D eigenvalue weighted by molar-refractivity contribution is -0.117. The summed E-state index contributed by atoms with van der Waals surface area (Å²) in [6.07, 6.45) is 9.11. The predicted octanol–water partition coefficient (Wildman–Crippen LogP) is 4.37. The highest BCUT2D eigenvalue weighted by Crippen LogP contribution is 2.46. The van der Waals surface area contributed by atoms with Gasteiger partial charge in [-0.05, 0) is 44.2 Å². The zero-order valence-corrected chi connectivity index (χ0v) is 18.3. The number of carbonyl (C=O) groups excluding carboxylic acids is 1. The Morgan fingerprint density at radius 1 is 1.09 bits per heavy atom. The van der Waals surface area contributed by atoms with Crippen molar-refractivity contribution in [3.05, 3.63) is 66.5 Å². The van der Waals surface area contributed by atoms with Gasteiger partial charge in [-0.2, -0.15) is 5.10 Å². The van der Waals surface area contributed by atoms with Crippen LogP contribution in [0, 0.1) is 0 Å². The Hall–Kier alpha value is -3.32. The fourth-order valence-corrected chi connectivity index (χ4v) is 4.44. The number of likely N-dealkylation sites (N-methyl/N-ethyl adjacent to an activating group) is 1. The molecule has 0 radical (unpaired) electrons. The average molecular weight is 433 g/mol. The molecule has 166 valence electrons. The number of amides is 1. The second-order valence-electron chi connectivity index (χ2n) is 8.69. The molecule has 5 rings (SSSR count). The van der Waals surface area contributed by atoms with Gasteiger partial charge in [0.05, 0.1) is 18.4 Å². The molecule has 2 aromatic carbocycles. The molecular weight excluding hydrogens is 404 g/mol. The van der Waals surface area contributed by atoms with Crippen molar-refractivity contribution in [2.24, 2.45) is 0 Å². The zero-order valence-electron chi connectivity index (χ0n) is 18.3. The second-order valence-corrected chi connectivity index (χ2v) is 8.69. The molecule has 1 N–H and O–H groups in total. The van der Waals surface area contributed by atoms with Gasteiger partial charge >= 0.3 is 0 Å². The SMILES string of the molecule is CN(CC(=O)Nc1ccc2c(c1)OC1(CCCCC1)O2)Cc1cnn(-c2ccccc2)c1. The molecule has 0 unspecified atom stereocenters. The highest BCUT2D eigenvalue weighted by atomic mass is 16.7. The largest absolute Gasteiger partial charge is 0.448 e. The third kappa shape index (κ3) is 4.48. The number of rotatable bonds is 6. The van der Waals surface area contributed by atoms with Gasteiger partial charge in [-0.15, -0.1) is 0 Å². The van der Waals surface area contributed by atoms with E-state index in [2.05, 4.69) is 10.4 Å². The van der Waals surface area contributed by atoms with Gasteiger partial charge in [-0.3, -0.25) is 9.69 Å². The van der Waals surface area contributed by atoms with E-state index in [1.165, 1.54) is 6.42 Å². The standard InChI is InChI=1S/C25H28N4O3/c1-28(16-19-15-26-29(17-19)21-8-4-2-5-9-21)18-24(30)27-20-10-11-22-23(14-20)32-25(31-22)12-6-3-7-13-25/h2,4-5,8-11,14-15,17H,3,6-7,12-13,16,18H2,1H3,(H,27,30). The van der Waals surface area contributed by atoms with Crippen LogP contribution in [0.3, 0.4) is 0 Å². The van der Waals surface area contributed by atoms with Gasteiger partial charge in [-0.25, -0.2) is 4.68 Å². The van der Waals surface area contributed by atoms with E-state index in [1.54, 1.807) is 0 Å². The van der Waals surface area contributed by atoms with Crippen LogP contribution in [-0.2, 0) is 11.3 Å². The van der Waals surface area contributed by atoms with Crippen LogP contribution in [0.15, 0.2) is 60.9 Å². The molecular formula is C25H28N4O3. The van der Waals surface area contributed by atoms with E-state index in [4.69, 9.17) is 9.47 Å². The Labute approximate surface area is 187 Å². The number of nitrogens with one attached hydrogen (secondary N) is 1. The van der Waals surface area contributed by atoms with Crippen molar-refractivity contribution < 1.29 is 14.3 Å². The van der Waals surface area contributed by atoms with Crippen LogP contribution in [0.25, 0.3) is 5.69 Å². The summed E-state index contributed by atoms with van der Waals surface area (Å²) in [5, 5.41) is 7.39. The molecule has 1 spiro atoms. The molecule has 1 aromatic heterocycles. The summed E-state index contributed by atoms with van der Waals surface area (Å²) < 4.78 is 14.1. The molecule has 0 bridgehead atoms. The smallest absolute Gasteiger partial charge is 0.251 e. The molecule has 32 heavy (non-hydrogen) atoms. The quantitative estimate of drug-likeness (QED) is 0.626. The molecule has 0 atom stereocenters. The van der Waals surface area contributed by atoms with E-state index in [1.807, 2.05) is 77.6 Å². The second kappa shape index (κ2) is 8.67. The summed E-state index contributed by atoms with van der Waals surface area (Å²) in [5.41, 5.74) is 2.78. The molecule has 1 saturated carbocycles. The number of fused-ring (bicyclic) bond motifs is 1. The lowest BCUT2D eigenvalue weighted by atomic mass is 9.94. The van der Waals surface area contributed by atoms with E-state index in [9.17, 15) is 4.79 Å². The van der Waals surface area contributed by atoms with Gasteiger partial charge in [0, 0.05) is 42.9 Å². The molecule has 1 aliphatic carbocycles. The van der Waals surface area contributed by atoms with Crippen molar-refractivity contribution in [1.29, 1.82) is 0 Å². The Morgan fingerprint density at radius 2 is 1.88 bits per heavy atom. The Balaban J connectivity index is 1.15. The maximum Gasteiger partial charge on any atom is 0.251 e. The predicted molar refractivity (Wildman–Crippen MR) is 122 cm³/mol. The van der Waals surface area contributed by atoms with Gasteiger partial charge in [0.1, 0.15) is 0 Å². The fourth-order valence-electron chi connectivity index (χ4n) is 4.44. The first-order chi connectivity index (χ1) is 15.6. The van der Waals surface area contributed by atoms with Crippen molar-refractivity contribution in [2.75, 3.05) is 18.9 Å². The van der Waals surface area contributed by atoms with E-state index < -0.39 is 5.79 Å². The number of carbonyl (C=O) groups is 1. The monoisotopic (exact) mass is 432 g/mol. The summed E-state index contributed by atoms with van der Waals surface area (Å²) in [6, 6.07) is 15.6. The molecule has 2 heterocycles. The Morgan fingerprint density at radius 3 is 2.69 bits per heavy atom. The van der Waals surface area contributed by atoms with Crippen LogP contribution < -0.4 is 14.8 Å². The lowest BCUT2D eigenvalue weighted by Gasteiger charge is -2.31. The Bertz CT molecular complexity index is 1090. The molecule has 7 heteroatoms. The fraction of sp³-hybridized carbons (Fsp3) is 0.360. The van der Waals surface area contributed by atoms with Gasteiger partial charge in [-0.1, -0.05) is 24.6 Å². The number of hydrogen-bond acceptors (Lipinski definition) is 5. The highest BCUT2D eigenvalue weighted by molar-refractivity contribution is 5.92. The van der Waals surface area contributed by atoms with Crippen LogP contribution in [0.1, 0.15) is 37.7 Å². The minimum absolute atomic E-state index is 0.0748. The molecule has 2 aliphatic rings. The minimum Gasteiger partial charge on any atom is -0.448 e. The number of anilines is 1. The molecule has 1 fully saturated rings. The summed E-state index contributed by atoms with van der Waals surface area (Å²) in [7, 11) is 1.92. The van der Waals surface area contributed by atoms with Crippen LogP contribution >= 0.6 is 0 Å². The van der Waals surface area contributed by atoms with Gasteiger partial charge in [0.15, 0.2) is 11.5 Å². The topological polar surface area (TPSA) is 68.6 Å². The maximum absolute atomic E-state index is 12.6. The number of nitrogens with zero attached hydrogens (tertiary/aromatic N) is 3. The minimum atomic E-state index is -0.506. The number of aromatic nitrogens is 2. The third-order valence-corrected chi connectivity index (χ3v) is 5.96. The lowest BCUT2D eigenvalue weighted by Crippen LogP contribution is -2.40. The molecule has 0 saturated heterocycles. The van der Waals surface area contributed by atoms with Crippen LogP contribution in [-0.4, -0.2) is 40.0 Å². The van der Waals surface area contributed by atoms with E-state index in [-0.39, 0.29) is 12.5 Å². The van der Waals surface area contributed by atoms with E-state index >= 15 is 0 Å². The van der Waals surface area contributed by atoms with Crippen molar-refractivity contribution in [2.45, 2.75) is 44.4 Å². The normalized spacial score (nSPS) is 16.4. The number of ether oxygens (including phenoxy) is 2. The summed E-state index contributed by atoms with van der Waals surface area (Å²) in [6.45, 7) is 0.902. The third-order valence-electron chi connectivity index (χ3n) is 5.96. The molecule has 1 amide bonds. The van der Waals surface area contributed by atoms with Gasteiger partial charge in [0.25, 0.3) is 5.79 Å². The average Bonchev–Trinajstić information content (AvgIpc) is 3.38. The van der Waals surface area contributed by atoms with Gasteiger partial charge < -0.3 is 14.8 Å². The zero-order chi connectivity index (χ0) is 22.0. The van der Waals surface area contributed by atoms with Crippen LogP contribution in [0.5, 0.6) is 11.5 Å². The number of para-hydroxylation sites is 1. The van der Waals surface area contributed by atoms with Crippen molar-refractivity contribution in [3.63, 3.8) is 0 Å². The van der Waals surface area contributed by atoms with E-state index in [0.29, 0.717) is 12.3 Å². The summed E-state index contributed by atoms with van der Waals surface area (Å²) in [4.78, 5) is 14.6. The van der Waals surface area contributed by atoms with Crippen molar-refractivity contribution in [1.82, 2.24) is 14.7 Å². The molecule has 1 aliphatic heterocycles. The maximum atomic E-state index is 12.6. The number of benzene rings is 2. The van der Waals surface area contributed by atoms with E-state index in [0.717, 1.165) is 48.4 Å². The Kier molecular flexibility index (Phi) is 5.57. The number of hydrogen-bond donors (Lipinski definition) is 1. The first-order valence-corrected chi connectivity index (χ1v) is 11.2. The summed E-state index contributed by atoms with van der Waals surface area (Å²) >= 11 is 0. The van der Waals surface area contributed by atoms with Crippen molar-refractivity contribution >= 4 is 11.6 Å².